The third-order valence-corrected chi connectivity index (χ3v) is 11.1. The number of rotatable bonds is 6. The van der Waals surface area contributed by atoms with E-state index in [2.05, 4.69) is 204 Å². The molecule has 0 spiro atoms. The second-order valence-corrected chi connectivity index (χ2v) is 14.0. The van der Waals surface area contributed by atoms with E-state index in [1.54, 1.807) is 0 Å². The maximum atomic E-state index is 2.41. The summed E-state index contributed by atoms with van der Waals surface area (Å²) < 4.78 is 5.04. The van der Waals surface area contributed by atoms with E-state index in [9.17, 15) is 0 Å². The maximum Gasteiger partial charge on any atom is 0.0541 e. The first-order valence-corrected chi connectivity index (χ1v) is 18.2. The van der Waals surface area contributed by atoms with Crippen LogP contribution in [0.2, 0.25) is 0 Å². The minimum absolute atomic E-state index is 1.12. The molecule has 0 amide bonds. The van der Waals surface area contributed by atoms with Gasteiger partial charge < -0.3 is 9.47 Å². The molecule has 0 fully saturated rings. The van der Waals surface area contributed by atoms with Gasteiger partial charge in [-0.1, -0.05) is 121 Å². The van der Waals surface area contributed by atoms with Crippen LogP contribution in [0.4, 0.5) is 17.1 Å². The number of thiophene rings is 1. The van der Waals surface area contributed by atoms with Crippen LogP contribution in [0.3, 0.4) is 0 Å². The molecule has 10 rings (SSSR count). The lowest BCUT2D eigenvalue weighted by atomic mass is 9.97. The highest BCUT2D eigenvalue weighted by Gasteiger charge is 2.17. The van der Waals surface area contributed by atoms with Gasteiger partial charge in [0.15, 0.2) is 0 Å². The normalized spacial score (nSPS) is 11.5. The fourth-order valence-electron chi connectivity index (χ4n) is 7.64. The van der Waals surface area contributed by atoms with Gasteiger partial charge in [-0.3, -0.25) is 0 Å². The molecular formula is C48H32N2S. The quantitative estimate of drug-likeness (QED) is 0.171. The molecule has 2 aromatic heterocycles. The lowest BCUT2D eigenvalue weighted by molar-refractivity contribution is 1.18. The first-order valence-electron chi connectivity index (χ1n) is 17.4. The van der Waals surface area contributed by atoms with Crippen LogP contribution in [-0.2, 0) is 0 Å². The molecule has 0 aliphatic heterocycles. The predicted molar refractivity (Wildman–Crippen MR) is 219 cm³/mol. The third-order valence-electron chi connectivity index (χ3n) is 9.99. The van der Waals surface area contributed by atoms with Gasteiger partial charge in [0, 0.05) is 53.6 Å². The number of hydrogen-bond donors (Lipinski definition) is 0. The Morgan fingerprint density at radius 2 is 0.941 bits per heavy atom. The van der Waals surface area contributed by atoms with Gasteiger partial charge in [-0.05, 0) is 89.5 Å². The molecule has 240 valence electrons. The zero-order chi connectivity index (χ0) is 33.7. The molecule has 0 saturated carbocycles. The number of hydrogen-bond acceptors (Lipinski definition) is 2. The molecule has 0 aliphatic carbocycles. The lowest BCUT2D eigenvalue weighted by Crippen LogP contribution is -2.09. The van der Waals surface area contributed by atoms with Crippen LogP contribution < -0.4 is 4.90 Å². The Bertz CT molecular complexity index is 2810. The van der Waals surface area contributed by atoms with Crippen LogP contribution in [-0.4, -0.2) is 4.57 Å². The van der Waals surface area contributed by atoms with E-state index < -0.39 is 0 Å². The molecule has 8 aromatic carbocycles. The van der Waals surface area contributed by atoms with Gasteiger partial charge in [0.25, 0.3) is 0 Å². The number of nitrogens with zero attached hydrogens (tertiary/aromatic N) is 2. The summed E-state index contributed by atoms with van der Waals surface area (Å²) in [5, 5.41) is 5.14. The number of anilines is 3. The van der Waals surface area contributed by atoms with Crippen molar-refractivity contribution in [2.75, 3.05) is 4.90 Å². The van der Waals surface area contributed by atoms with Crippen molar-refractivity contribution in [3.05, 3.63) is 194 Å². The van der Waals surface area contributed by atoms with Crippen molar-refractivity contribution in [3.63, 3.8) is 0 Å². The van der Waals surface area contributed by atoms with Crippen molar-refractivity contribution < 1.29 is 0 Å². The molecule has 2 heterocycles. The Kier molecular flexibility index (Phi) is 7.04. The Morgan fingerprint density at radius 3 is 1.73 bits per heavy atom. The Hall–Kier alpha value is -6.42. The van der Waals surface area contributed by atoms with Crippen LogP contribution in [0.1, 0.15) is 0 Å². The Morgan fingerprint density at radius 1 is 0.353 bits per heavy atom. The fourth-order valence-corrected chi connectivity index (χ4v) is 8.73. The van der Waals surface area contributed by atoms with E-state index in [1.165, 1.54) is 69.9 Å². The summed E-state index contributed by atoms with van der Waals surface area (Å²) in [7, 11) is 0. The molecule has 10 aromatic rings. The van der Waals surface area contributed by atoms with Gasteiger partial charge >= 0.3 is 0 Å². The van der Waals surface area contributed by atoms with Crippen molar-refractivity contribution in [1.82, 2.24) is 4.57 Å². The predicted octanol–water partition coefficient (Wildman–Crippen LogP) is 14.0. The van der Waals surface area contributed by atoms with Gasteiger partial charge in [-0.15, -0.1) is 11.3 Å². The molecule has 0 aliphatic rings. The highest BCUT2D eigenvalue weighted by Crippen LogP contribution is 2.42. The summed E-state index contributed by atoms with van der Waals surface area (Å²) in [5.74, 6) is 0. The molecule has 2 nitrogen and oxygen atoms in total. The minimum atomic E-state index is 1.12. The van der Waals surface area contributed by atoms with Crippen molar-refractivity contribution in [3.8, 4) is 27.9 Å². The zero-order valence-corrected chi connectivity index (χ0v) is 28.6. The number of fused-ring (bicyclic) bond motifs is 6. The number of aromatic nitrogens is 1. The largest absolute Gasteiger partial charge is 0.310 e. The van der Waals surface area contributed by atoms with Crippen LogP contribution in [0, 0.1) is 0 Å². The molecule has 3 heteroatoms. The van der Waals surface area contributed by atoms with Gasteiger partial charge in [-0.25, -0.2) is 0 Å². The second-order valence-electron chi connectivity index (χ2n) is 13.0. The molecule has 0 unspecified atom stereocenters. The van der Waals surface area contributed by atoms with Crippen LogP contribution in [0.15, 0.2) is 194 Å². The van der Waals surface area contributed by atoms with Gasteiger partial charge in [0.1, 0.15) is 0 Å². The monoisotopic (exact) mass is 668 g/mol. The first-order chi connectivity index (χ1) is 25.3. The topological polar surface area (TPSA) is 8.17 Å². The third kappa shape index (κ3) is 5.01. The van der Waals surface area contributed by atoms with Gasteiger partial charge in [-0.2, -0.15) is 0 Å². The first kappa shape index (κ1) is 29.5. The molecule has 0 N–H and O–H groups in total. The number of para-hydroxylation sites is 4. The van der Waals surface area contributed by atoms with Crippen molar-refractivity contribution in [2.45, 2.75) is 0 Å². The summed E-state index contributed by atoms with van der Waals surface area (Å²) in [6.07, 6.45) is 0. The summed E-state index contributed by atoms with van der Waals surface area (Å²) in [6, 6.07) is 70.3. The molecule has 0 saturated heterocycles. The van der Waals surface area contributed by atoms with Gasteiger partial charge in [0.05, 0.1) is 16.7 Å². The van der Waals surface area contributed by atoms with Crippen LogP contribution >= 0.6 is 11.3 Å². The maximum absolute atomic E-state index is 2.41. The highest BCUT2D eigenvalue weighted by atomic mass is 32.1. The highest BCUT2D eigenvalue weighted by molar-refractivity contribution is 7.25. The fraction of sp³-hybridized carbons (Fsp3) is 0. The molecule has 0 atom stereocenters. The molecule has 0 bridgehead atoms. The average molecular weight is 669 g/mol. The molecular weight excluding hydrogens is 637 g/mol. The van der Waals surface area contributed by atoms with Crippen LogP contribution in [0.5, 0.6) is 0 Å². The van der Waals surface area contributed by atoms with E-state index in [1.807, 2.05) is 11.3 Å². The number of benzene rings is 8. The van der Waals surface area contributed by atoms with Crippen molar-refractivity contribution in [2.24, 2.45) is 0 Å². The summed E-state index contributed by atoms with van der Waals surface area (Å²) in [4.78, 5) is 2.36. The Labute approximate surface area is 300 Å². The van der Waals surface area contributed by atoms with E-state index >= 15 is 0 Å². The smallest absolute Gasteiger partial charge is 0.0541 e. The second kappa shape index (κ2) is 12.2. The lowest BCUT2D eigenvalue weighted by Gasteiger charge is -2.26. The van der Waals surface area contributed by atoms with E-state index in [0.29, 0.717) is 0 Å². The van der Waals surface area contributed by atoms with E-state index in [-0.39, 0.29) is 0 Å². The molecule has 51 heavy (non-hydrogen) atoms. The SMILES string of the molecule is c1ccc(N(c2ccc(-c3cccc(-c4ccccc4-n4c5ccccc5c5ccccc54)c3)cc2)c2ccc3sc4ccccc4c3c2)cc1. The average Bonchev–Trinajstić information content (AvgIpc) is 3.74. The van der Waals surface area contributed by atoms with E-state index in [0.717, 1.165) is 17.1 Å². The van der Waals surface area contributed by atoms with Crippen molar-refractivity contribution >= 4 is 70.4 Å². The van der Waals surface area contributed by atoms with E-state index in [4.69, 9.17) is 0 Å². The van der Waals surface area contributed by atoms with Crippen LogP contribution in [0.25, 0.3) is 69.9 Å². The summed E-state index contributed by atoms with van der Waals surface area (Å²) >= 11 is 1.85. The van der Waals surface area contributed by atoms with Gasteiger partial charge in [0.2, 0.25) is 0 Å². The summed E-state index contributed by atoms with van der Waals surface area (Å²) in [5.41, 5.74) is 11.8. The molecule has 0 radical (unpaired) electrons. The summed E-state index contributed by atoms with van der Waals surface area (Å²) in [6.45, 7) is 0. The zero-order valence-electron chi connectivity index (χ0n) is 27.8. The van der Waals surface area contributed by atoms with Crippen molar-refractivity contribution in [1.29, 1.82) is 0 Å². The Balaban J connectivity index is 1.05. The minimum Gasteiger partial charge on any atom is -0.310 e. The standard InChI is InChI=1S/C48H32N2S/c1-2-15-36(16-3-1)49(38-29-30-48-43(32-38)42-20-7-11-24-47(42)51-48)37-27-25-33(26-28-37)34-13-12-14-35(31-34)39-17-4-8-21-44(39)50-45-22-9-5-18-40(45)41-19-6-10-23-46(41)50/h1-32H.